The summed E-state index contributed by atoms with van der Waals surface area (Å²) in [5.41, 5.74) is 3.12. The highest BCUT2D eigenvalue weighted by atomic mass is 15.1. The van der Waals surface area contributed by atoms with E-state index in [4.69, 9.17) is 0 Å². The van der Waals surface area contributed by atoms with E-state index in [0.29, 0.717) is 5.41 Å². The Morgan fingerprint density at radius 3 is 2.38 bits per heavy atom. The van der Waals surface area contributed by atoms with Crippen LogP contribution in [0.3, 0.4) is 0 Å². The highest BCUT2D eigenvalue weighted by molar-refractivity contribution is 5.47. The average Bonchev–Trinajstić information content (AvgIpc) is 2.49. The second-order valence-corrected chi connectivity index (χ2v) is 7.15. The Bertz CT molecular complexity index is 410. The van der Waals surface area contributed by atoms with Crippen molar-refractivity contribution < 1.29 is 0 Å². The van der Waals surface area contributed by atoms with Crippen molar-refractivity contribution in [2.24, 2.45) is 11.3 Å². The Morgan fingerprint density at radius 1 is 1.19 bits per heavy atom. The molecule has 1 fully saturated rings. The molecule has 0 saturated heterocycles. The summed E-state index contributed by atoms with van der Waals surface area (Å²) in [5, 5.41) is 3.61. The number of hydrogen-bond donors (Lipinski definition) is 1. The van der Waals surface area contributed by atoms with Crippen LogP contribution in [0.25, 0.3) is 0 Å². The van der Waals surface area contributed by atoms with E-state index in [1.165, 1.54) is 36.9 Å². The molecule has 0 unspecified atom stereocenters. The zero-order valence-electron chi connectivity index (χ0n) is 14.3. The topological polar surface area (TPSA) is 15.3 Å². The van der Waals surface area contributed by atoms with Crippen LogP contribution in [0.15, 0.2) is 24.3 Å². The van der Waals surface area contributed by atoms with Crippen LogP contribution in [0.1, 0.15) is 45.1 Å². The quantitative estimate of drug-likeness (QED) is 0.842. The molecule has 0 spiro atoms. The van der Waals surface area contributed by atoms with Gasteiger partial charge in [-0.25, -0.2) is 0 Å². The summed E-state index contributed by atoms with van der Waals surface area (Å²) in [4.78, 5) is 2.45. The first-order valence-corrected chi connectivity index (χ1v) is 8.53. The van der Waals surface area contributed by atoms with Gasteiger partial charge in [-0.3, -0.25) is 0 Å². The van der Waals surface area contributed by atoms with Crippen molar-refractivity contribution in [2.45, 2.75) is 46.5 Å². The largest absolute Gasteiger partial charge is 0.374 e. The van der Waals surface area contributed by atoms with Gasteiger partial charge in [-0.1, -0.05) is 44.4 Å². The molecular formula is C19H32N2. The number of benzene rings is 1. The lowest BCUT2D eigenvalue weighted by Gasteiger charge is -2.42. The van der Waals surface area contributed by atoms with Crippen molar-refractivity contribution in [1.82, 2.24) is 5.32 Å². The van der Waals surface area contributed by atoms with Crippen molar-refractivity contribution in [1.29, 1.82) is 0 Å². The highest BCUT2D eigenvalue weighted by Crippen LogP contribution is 2.39. The lowest BCUT2D eigenvalue weighted by Crippen LogP contribution is -2.45. The Balaban J connectivity index is 2.05. The van der Waals surface area contributed by atoms with E-state index in [0.717, 1.165) is 25.6 Å². The van der Waals surface area contributed by atoms with Crippen molar-refractivity contribution in [3.05, 3.63) is 29.8 Å². The third-order valence-corrected chi connectivity index (χ3v) is 5.13. The van der Waals surface area contributed by atoms with Crippen LogP contribution in [0.2, 0.25) is 0 Å². The molecule has 0 bridgehead atoms. The summed E-state index contributed by atoms with van der Waals surface area (Å²) >= 11 is 0. The van der Waals surface area contributed by atoms with E-state index in [1.807, 2.05) is 0 Å². The minimum Gasteiger partial charge on any atom is -0.374 e. The molecule has 1 N–H and O–H groups in total. The summed E-state index contributed by atoms with van der Waals surface area (Å²) in [6.07, 6.45) is 5.48. The second-order valence-electron chi connectivity index (χ2n) is 7.15. The van der Waals surface area contributed by atoms with Crippen LogP contribution in [-0.4, -0.2) is 26.7 Å². The predicted molar refractivity (Wildman–Crippen MR) is 93.1 cm³/mol. The van der Waals surface area contributed by atoms with Crippen molar-refractivity contribution in [3.63, 3.8) is 0 Å². The molecule has 2 heteroatoms. The Hall–Kier alpha value is -1.02. The lowest BCUT2D eigenvalue weighted by molar-refractivity contribution is 0.158. The summed E-state index contributed by atoms with van der Waals surface area (Å²) in [6.45, 7) is 10.2. The molecule has 118 valence electrons. The molecule has 1 aromatic carbocycles. The summed E-state index contributed by atoms with van der Waals surface area (Å²) < 4.78 is 0. The standard InChI is InChI=1S/C19H32N2/c1-5-20-14-19(12-10-17(3)11-13-19)15-21(4)18-8-6-16(2)7-9-18/h6-9,17,20H,5,10-15H2,1-4H3. The fourth-order valence-corrected chi connectivity index (χ4v) is 3.55. The molecule has 0 aliphatic heterocycles. The highest BCUT2D eigenvalue weighted by Gasteiger charge is 2.34. The maximum atomic E-state index is 3.61. The molecule has 1 aliphatic rings. The van der Waals surface area contributed by atoms with Crippen LogP contribution >= 0.6 is 0 Å². The maximum Gasteiger partial charge on any atom is 0.0363 e. The fraction of sp³-hybridized carbons (Fsp3) is 0.684. The molecule has 21 heavy (non-hydrogen) atoms. The number of rotatable bonds is 6. The number of aryl methyl sites for hydroxylation is 1. The first-order chi connectivity index (χ1) is 10.0. The number of hydrogen-bond acceptors (Lipinski definition) is 2. The molecule has 0 radical (unpaired) electrons. The van der Waals surface area contributed by atoms with Crippen LogP contribution in [0.4, 0.5) is 5.69 Å². The van der Waals surface area contributed by atoms with Crippen LogP contribution in [-0.2, 0) is 0 Å². The van der Waals surface area contributed by atoms with E-state index in [2.05, 4.69) is 62.3 Å². The van der Waals surface area contributed by atoms with Gasteiger partial charge in [-0.15, -0.1) is 0 Å². The lowest BCUT2D eigenvalue weighted by atomic mass is 9.70. The van der Waals surface area contributed by atoms with E-state index in [1.54, 1.807) is 0 Å². The first-order valence-electron chi connectivity index (χ1n) is 8.53. The average molecular weight is 288 g/mol. The smallest absolute Gasteiger partial charge is 0.0363 e. The molecular weight excluding hydrogens is 256 g/mol. The minimum atomic E-state index is 0.447. The van der Waals surface area contributed by atoms with Gasteiger partial charge in [-0.05, 0) is 44.4 Å². The van der Waals surface area contributed by atoms with Crippen molar-refractivity contribution in [3.8, 4) is 0 Å². The van der Waals surface area contributed by atoms with Crippen LogP contribution < -0.4 is 10.2 Å². The Labute approximate surface area is 130 Å². The Kier molecular flexibility index (Phi) is 5.69. The first kappa shape index (κ1) is 16.4. The maximum absolute atomic E-state index is 3.61. The number of anilines is 1. The summed E-state index contributed by atoms with van der Waals surface area (Å²) in [5.74, 6) is 0.907. The Morgan fingerprint density at radius 2 is 1.81 bits per heavy atom. The SMILES string of the molecule is CCNCC1(CN(C)c2ccc(C)cc2)CCC(C)CC1. The zero-order chi connectivity index (χ0) is 15.3. The molecule has 2 rings (SSSR count). The van der Waals surface area contributed by atoms with Gasteiger partial charge in [0.05, 0.1) is 0 Å². The van der Waals surface area contributed by atoms with Gasteiger partial charge < -0.3 is 10.2 Å². The predicted octanol–water partition coefficient (Wildman–Crippen LogP) is 4.24. The van der Waals surface area contributed by atoms with Crippen molar-refractivity contribution >= 4 is 5.69 Å². The van der Waals surface area contributed by atoms with Gasteiger partial charge >= 0.3 is 0 Å². The molecule has 1 aliphatic carbocycles. The number of nitrogens with one attached hydrogen (secondary N) is 1. The molecule has 2 nitrogen and oxygen atoms in total. The van der Waals surface area contributed by atoms with E-state index in [-0.39, 0.29) is 0 Å². The van der Waals surface area contributed by atoms with Gasteiger partial charge in [0.2, 0.25) is 0 Å². The zero-order valence-corrected chi connectivity index (χ0v) is 14.3. The molecule has 0 atom stereocenters. The fourth-order valence-electron chi connectivity index (χ4n) is 3.55. The van der Waals surface area contributed by atoms with E-state index >= 15 is 0 Å². The normalized spacial score (nSPS) is 25.8. The van der Waals surface area contributed by atoms with E-state index < -0.39 is 0 Å². The van der Waals surface area contributed by atoms with Gasteiger partial charge in [0.15, 0.2) is 0 Å². The van der Waals surface area contributed by atoms with Gasteiger partial charge in [-0.2, -0.15) is 0 Å². The van der Waals surface area contributed by atoms with Gasteiger partial charge in [0.25, 0.3) is 0 Å². The van der Waals surface area contributed by atoms with E-state index in [9.17, 15) is 0 Å². The third kappa shape index (κ3) is 4.47. The van der Waals surface area contributed by atoms with Crippen molar-refractivity contribution in [2.75, 3.05) is 31.6 Å². The van der Waals surface area contributed by atoms with Crippen LogP contribution in [0.5, 0.6) is 0 Å². The minimum absolute atomic E-state index is 0.447. The molecule has 0 aromatic heterocycles. The molecule has 1 aromatic rings. The summed E-state index contributed by atoms with van der Waals surface area (Å²) in [6, 6.07) is 8.93. The number of nitrogens with zero attached hydrogens (tertiary/aromatic N) is 1. The van der Waals surface area contributed by atoms with Gasteiger partial charge in [0, 0.05) is 31.2 Å². The van der Waals surface area contributed by atoms with Crippen LogP contribution in [0, 0.1) is 18.3 Å². The molecule has 1 saturated carbocycles. The molecule has 0 amide bonds. The third-order valence-electron chi connectivity index (χ3n) is 5.13. The molecule has 0 heterocycles. The summed E-state index contributed by atoms with van der Waals surface area (Å²) in [7, 11) is 2.25. The monoisotopic (exact) mass is 288 g/mol. The van der Waals surface area contributed by atoms with Gasteiger partial charge in [0.1, 0.15) is 0 Å². The second kappa shape index (κ2) is 7.31.